The van der Waals surface area contributed by atoms with Gasteiger partial charge in [0.25, 0.3) is 5.91 Å². The number of halogens is 1. The molecule has 2 aromatic rings. The van der Waals surface area contributed by atoms with Crippen molar-refractivity contribution >= 4 is 73.7 Å². The Morgan fingerprint density at radius 1 is 1.33 bits per heavy atom. The summed E-state index contributed by atoms with van der Waals surface area (Å²) in [6, 6.07) is 13.5. The van der Waals surface area contributed by atoms with Crippen LogP contribution in [0.3, 0.4) is 0 Å². The molecule has 7 heteroatoms. The summed E-state index contributed by atoms with van der Waals surface area (Å²) in [4.78, 5) is 16.2. The molecule has 0 saturated carbocycles. The van der Waals surface area contributed by atoms with E-state index in [1.54, 1.807) is 22.7 Å². The Bertz CT molecular complexity index is 943. The number of carbonyl (C=O) groups excluding carboxylic acids is 1. The first-order chi connectivity index (χ1) is 13.0. The average molecular weight is 478 g/mol. The summed E-state index contributed by atoms with van der Waals surface area (Å²) in [5.41, 5.74) is 1.59. The number of rotatable bonds is 6. The molecule has 0 atom stereocenters. The highest BCUT2D eigenvalue weighted by Gasteiger charge is 2.33. The van der Waals surface area contributed by atoms with Crippen LogP contribution in [-0.2, 0) is 4.79 Å². The molecule has 3 rings (SSSR count). The van der Waals surface area contributed by atoms with Crippen LogP contribution in [0, 0.1) is 0 Å². The van der Waals surface area contributed by atoms with Gasteiger partial charge >= 0.3 is 0 Å². The van der Waals surface area contributed by atoms with E-state index in [1.807, 2.05) is 54.8 Å². The number of ether oxygens (including phenoxy) is 1. The van der Waals surface area contributed by atoms with Gasteiger partial charge in [0.2, 0.25) is 0 Å². The number of hydrogen-bond donors (Lipinski definition) is 0. The maximum absolute atomic E-state index is 13.0. The fourth-order valence-corrected chi connectivity index (χ4v) is 4.62. The van der Waals surface area contributed by atoms with Gasteiger partial charge < -0.3 is 4.74 Å². The minimum absolute atomic E-state index is 0.127. The van der Waals surface area contributed by atoms with Crippen LogP contribution >= 0.6 is 51.7 Å². The first kappa shape index (κ1) is 20.2. The number of anilines is 1. The summed E-state index contributed by atoms with van der Waals surface area (Å²) in [5.74, 6) is 0.561. The quantitative estimate of drug-likeness (QED) is 0.215. The van der Waals surface area contributed by atoms with Gasteiger partial charge in [-0.1, -0.05) is 58.6 Å². The van der Waals surface area contributed by atoms with E-state index in [2.05, 4.69) is 22.5 Å². The Morgan fingerprint density at radius 3 is 2.89 bits per heavy atom. The molecule has 0 unspecified atom stereocenters. The van der Waals surface area contributed by atoms with Crippen molar-refractivity contribution in [2.45, 2.75) is 4.90 Å². The second kappa shape index (κ2) is 9.10. The van der Waals surface area contributed by atoms with Crippen LogP contribution in [0.2, 0.25) is 0 Å². The Kier molecular flexibility index (Phi) is 6.81. The molecule has 0 bridgehead atoms. The van der Waals surface area contributed by atoms with E-state index in [4.69, 9.17) is 17.0 Å². The summed E-state index contributed by atoms with van der Waals surface area (Å²) < 4.78 is 7.13. The Morgan fingerprint density at radius 2 is 2.15 bits per heavy atom. The molecule has 0 radical (unpaired) electrons. The van der Waals surface area contributed by atoms with Crippen molar-refractivity contribution in [2.75, 3.05) is 17.8 Å². The van der Waals surface area contributed by atoms with Gasteiger partial charge in [0.15, 0.2) is 4.32 Å². The lowest BCUT2D eigenvalue weighted by atomic mass is 10.2. The molecule has 3 nitrogen and oxygen atoms in total. The van der Waals surface area contributed by atoms with Gasteiger partial charge in [-0.05, 0) is 48.7 Å². The molecular formula is C20H16BrNO2S3. The zero-order chi connectivity index (χ0) is 19.4. The smallest absolute Gasteiger partial charge is 0.270 e. The minimum atomic E-state index is -0.127. The molecule has 1 aliphatic heterocycles. The summed E-state index contributed by atoms with van der Waals surface area (Å²) in [5, 5.41) is 0. The van der Waals surface area contributed by atoms with Crippen molar-refractivity contribution in [2.24, 2.45) is 0 Å². The zero-order valence-corrected chi connectivity index (χ0v) is 18.5. The third kappa shape index (κ3) is 4.66. The van der Waals surface area contributed by atoms with Gasteiger partial charge in [-0.3, -0.25) is 9.69 Å². The summed E-state index contributed by atoms with van der Waals surface area (Å²) in [6.45, 7) is 4.07. The Balaban J connectivity index is 1.95. The van der Waals surface area contributed by atoms with E-state index in [1.165, 1.54) is 11.8 Å². The van der Waals surface area contributed by atoms with Gasteiger partial charge in [-0.2, -0.15) is 0 Å². The number of carbonyl (C=O) groups is 1. The fourth-order valence-electron chi connectivity index (χ4n) is 2.49. The summed E-state index contributed by atoms with van der Waals surface area (Å²) >= 11 is 11.9. The van der Waals surface area contributed by atoms with Crippen molar-refractivity contribution in [1.82, 2.24) is 0 Å². The highest BCUT2D eigenvalue weighted by molar-refractivity contribution is 9.10. The molecule has 1 saturated heterocycles. The van der Waals surface area contributed by atoms with E-state index in [0.717, 1.165) is 20.6 Å². The van der Waals surface area contributed by atoms with Crippen LogP contribution in [0.25, 0.3) is 6.08 Å². The van der Waals surface area contributed by atoms with Crippen LogP contribution < -0.4 is 9.64 Å². The first-order valence-corrected chi connectivity index (χ1v) is 11.2. The topological polar surface area (TPSA) is 29.5 Å². The lowest BCUT2D eigenvalue weighted by molar-refractivity contribution is -0.113. The molecule has 2 aromatic carbocycles. The zero-order valence-electron chi connectivity index (χ0n) is 14.5. The van der Waals surface area contributed by atoms with E-state index >= 15 is 0 Å². The molecule has 1 heterocycles. The first-order valence-electron chi connectivity index (χ1n) is 7.98. The number of nitrogens with zero attached hydrogens (tertiary/aromatic N) is 1. The van der Waals surface area contributed by atoms with Crippen molar-refractivity contribution in [1.29, 1.82) is 0 Å². The monoisotopic (exact) mass is 477 g/mol. The third-order valence-electron chi connectivity index (χ3n) is 3.72. The molecule has 1 fully saturated rings. The van der Waals surface area contributed by atoms with Gasteiger partial charge in [-0.25, -0.2) is 0 Å². The number of amides is 1. The van der Waals surface area contributed by atoms with Crippen molar-refractivity contribution in [3.8, 4) is 5.75 Å². The Labute approximate surface area is 181 Å². The third-order valence-corrected chi connectivity index (χ3v) is 6.24. The maximum atomic E-state index is 13.0. The number of thiocarbonyl (C=S) groups is 1. The van der Waals surface area contributed by atoms with Gasteiger partial charge in [0.1, 0.15) is 12.4 Å². The van der Waals surface area contributed by atoms with Crippen LogP contribution in [0.1, 0.15) is 5.56 Å². The van der Waals surface area contributed by atoms with E-state index < -0.39 is 0 Å². The Hall–Kier alpha value is -1.54. The normalized spacial score (nSPS) is 15.5. The lowest BCUT2D eigenvalue weighted by Gasteiger charge is -2.15. The summed E-state index contributed by atoms with van der Waals surface area (Å²) in [7, 11) is 0. The molecule has 0 spiro atoms. The lowest BCUT2D eigenvalue weighted by Crippen LogP contribution is -2.27. The minimum Gasteiger partial charge on any atom is -0.489 e. The number of thioether (sulfide) groups is 2. The highest BCUT2D eigenvalue weighted by atomic mass is 79.9. The molecule has 27 heavy (non-hydrogen) atoms. The van der Waals surface area contributed by atoms with Gasteiger partial charge in [0.05, 0.1) is 10.6 Å². The predicted molar refractivity (Wildman–Crippen MR) is 124 cm³/mol. The molecule has 0 aliphatic carbocycles. The SMILES string of the molecule is C=CCOc1ccc(Br)cc1/C=C1/SC(=S)N(c2cccc(SC)c2)C1=O. The number of benzene rings is 2. The van der Waals surface area contributed by atoms with Crippen LogP contribution in [-0.4, -0.2) is 23.1 Å². The molecular weight excluding hydrogens is 462 g/mol. The molecule has 1 aliphatic rings. The van der Waals surface area contributed by atoms with E-state index in [-0.39, 0.29) is 5.91 Å². The van der Waals surface area contributed by atoms with Gasteiger partial charge in [0, 0.05) is 14.9 Å². The standard InChI is InChI=1S/C20H16BrNO2S3/c1-3-9-24-17-8-7-14(21)10-13(17)11-18-19(23)22(20(25)27-18)15-5-4-6-16(12-15)26-2/h3-8,10-12H,1,9H2,2H3/b18-11+. The maximum Gasteiger partial charge on any atom is 0.270 e. The van der Waals surface area contributed by atoms with Crippen molar-refractivity contribution in [3.05, 3.63) is 70.1 Å². The van der Waals surface area contributed by atoms with Crippen molar-refractivity contribution in [3.63, 3.8) is 0 Å². The highest BCUT2D eigenvalue weighted by Crippen LogP contribution is 2.38. The van der Waals surface area contributed by atoms with Gasteiger partial charge in [-0.15, -0.1) is 11.8 Å². The van der Waals surface area contributed by atoms with Crippen LogP contribution in [0.15, 0.2) is 69.4 Å². The predicted octanol–water partition coefficient (Wildman–Crippen LogP) is 6.14. The number of hydrogen-bond acceptors (Lipinski definition) is 5. The largest absolute Gasteiger partial charge is 0.489 e. The van der Waals surface area contributed by atoms with E-state index in [9.17, 15) is 4.79 Å². The second-order valence-corrected chi connectivity index (χ2v) is 8.97. The van der Waals surface area contributed by atoms with Crippen LogP contribution in [0.5, 0.6) is 5.75 Å². The molecule has 0 N–H and O–H groups in total. The fraction of sp³-hybridized carbons (Fsp3) is 0.100. The summed E-state index contributed by atoms with van der Waals surface area (Å²) in [6.07, 6.45) is 5.51. The molecule has 0 aromatic heterocycles. The molecule has 1 amide bonds. The van der Waals surface area contributed by atoms with Crippen LogP contribution in [0.4, 0.5) is 5.69 Å². The second-order valence-electron chi connectivity index (χ2n) is 5.50. The van der Waals surface area contributed by atoms with E-state index in [0.29, 0.717) is 21.6 Å². The van der Waals surface area contributed by atoms with Crippen molar-refractivity contribution < 1.29 is 9.53 Å². The molecule has 138 valence electrons. The average Bonchev–Trinajstić information content (AvgIpc) is 2.94.